The SMILES string of the molecule is Cc1ccsc1CN(CC(C)C)C(=O)c1cc2ncc(CCO)cn2n1. The Labute approximate surface area is 157 Å². The molecule has 1 amide bonds. The lowest BCUT2D eigenvalue weighted by atomic mass is 10.2. The monoisotopic (exact) mass is 372 g/mol. The minimum absolute atomic E-state index is 0.0581. The molecule has 138 valence electrons. The van der Waals surface area contributed by atoms with Crippen LogP contribution in [0.4, 0.5) is 0 Å². The van der Waals surface area contributed by atoms with Crippen molar-refractivity contribution in [2.45, 2.75) is 33.7 Å². The molecule has 0 radical (unpaired) electrons. The Morgan fingerprint density at radius 2 is 2.23 bits per heavy atom. The highest BCUT2D eigenvalue weighted by molar-refractivity contribution is 7.10. The molecule has 1 N–H and O–H groups in total. The van der Waals surface area contributed by atoms with E-state index in [9.17, 15) is 4.79 Å². The Morgan fingerprint density at radius 1 is 1.42 bits per heavy atom. The molecule has 3 heterocycles. The third-order valence-corrected chi connectivity index (χ3v) is 5.17. The van der Waals surface area contributed by atoms with E-state index in [0.717, 1.165) is 5.56 Å². The first-order valence-corrected chi connectivity index (χ1v) is 9.63. The molecule has 0 aliphatic heterocycles. The lowest BCUT2D eigenvalue weighted by Crippen LogP contribution is -2.34. The van der Waals surface area contributed by atoms with Crippen LogP contribution < -0.4 is 0 Å². The average molecular weight is 372 g/mol. The maximum absolute atomic E-state index is 13.1. The van der Waals surface area contributed by atoms with Gasteiger partial charge in [-0.3, -0.25) is 4.79 Å². The van der Waals surface area contributed by atoms with Crippen molar-refractivity contribution in [3.8, 4) is 0 Å². The minimum atomic E-state index is -0.0827. The molecule has 0 saturated heterocycles. The summed E-state index contributed by atoms with van der Waals surface area (Å²) in [5.41, 5.74) is 3.12. The van der Waals surface area contributed by atoms with Gasteiger partial charge in [0.15, 0.2) is 11.3 Å². The Kier molecular flexibility index (Phi) is 5.68. The molecule has 0 aliphatic rings. The van der Waals surface area contributed by atoms with Gasteiger partial charge in [-0.2, -0.15) is 5.10 Å². The summed E-state index contributed by atoms with van der Waals surface area (Å²) < 4.78 is 1.61. The van der Waals surface area contributed by atoms with Crippen LogP contribution in [0.2, 0.25) is 0 Å². The zero-order valence-electron chi connectivity index (χ0n) is 15.3. The number of hydrogen-bond donors (Lipinski definition) is 1. The van der Waals surface area contributed by atoms with Crippen molar-refractivity contribution in [1.82, 2.24) is 19.5 Å². The lowest BCUT2D eigenvalue weighted by Gasteiger charge is -2.23. The number of amides is 1. The van der Waals surface area contributed by atoms with Crippen molar-refractivity contribution in [3.05, 3.63) is 51.6 Å². The number of aryl methyl sites for hydroxylation is 1. The lowest BCUT2D eigenvalue weighted by molar-refractivity contribution is 0.0718. The van der Waals surface area contributed by atoms with Crippen LogP contribution in [0.5, 0.6) is 0 Å². The Morgan fingerprint density at radius 3 is 2.88 bits per heavy atom. The number of aromatic nitrogens is 3. The summed E-state index contributed by atoms with van der Waals surface area (Å²) in [6.45, 7) is 7.61. The van der Waals surface area contributed by atoms with Gasteiger partial charge in [0.25, 0.3) is 5.91 Å². The summed E-state index contributed by atoms with van der Waals surface area (Å²) in [5.74, 6) is 0.284. The van der Waals surface area contributed by atoms with E-state index in [-0.39, 0.29) is 12.5 Å². The molecule has 7 heteroatoms. The first kappa shape index (κ1) is 18.5. The highest BCUT2D eigenvalue weighted by Crippen LogP contribution is 2.20. The highest BCUT2D eigenvalue weighted by Gasteiger charge is 2.21. The summed E-state index contributed by atoms with van der Waals surface area (Å²) in [5, 5.41) is 15.5. The van der Waals surface area contributed by atoms with E-state index < -0.39 is 0 Å². The van der Waals surface area contributed by atoms with Gasteiger partial charge >= 0.3 is 0 Å². The molecule has 3 aromatic heterocycles. The molecule has 6 nitrogen and oxygen atoms in total. The summed E-state index contributed by atoms with van der Waals surface area (Å²) >= 11 is 1.67. The average Bonchev–Trinajstić information content (AvgIpc) is 3.19. The van der Waals surface area contributed by atoms with E-state index in [0.29, 0.717) is 36.8 Å². The minimum Gasteiger partial charge on any atom is -0.396 e. The molecule has 0 bridgehead atoms. The summed E-state index contributed by atoms with van der Waals surface area (Å²) in [6, 6.07) is 3.80. The molecule has 0 atom stereocenters. The van der Waals surface area contributed by atoms with Gasteiger partial charge in [-0.1, -0.05) is 13.8 Å². The number of hydrogen-bond acceptors (Lipinski definition) is 5. The number of carbonyl (C=O) groups is 1. The first-order valence-electron chi connectivity index (χ1n) is 8.75. The van der Waals surface area contributed by atoms with Crippen LogP contribution in [0.25, 0.3) is 5.65 Å². The van der Waals surface area contributed by atoms with E-state index in [1.807, 2.05) is 11.1 Å². The van der Waals surface area contributed by atoms with Gasteiger partial charge in [-0.25, -0.2) is 9.50 Å². The highest BCUT2D eigenvalue weighted by atomic mass is 32.1. The maximum Gasteiger partial charge on any atom is 0.274 e. The number of rotatable bonds is 7. The second kappa shape index (κ2) is 7.97. The zero-order valence-corrected chi connectivity index (χ0v) is 16.2. The van der Waals surface area contributed by atoms with Crippen molar-refractivity contribution >= 4 is 22.9 Å². The predicted molar refractivity (Wildman–Crippen MR) is 102 cm³/mol. The van der Waals surface area contributed by atoms with Gasteiger partial charge in [-0.15, -0.1) is 11.3 Å². The molecule has 3 aromatic rings. The van der Waals surface area contributed by atoms with Crippen molar-refractivity contribution in [2.75, 3.05) is 13.2 Å². The standard InChI is InChI=1S/C19H24N4O2S/c1-13(2)10-22(12-17-14(3)5-7-26-17)19(25)16-8-18-20-9-15(4-6-24)11-23(18)21-16/h5,7-9,11,13,24H,4,6,10,12H2,1-3H3. The smallest absolute Gasteiger partial charge is 0.274 e. The normalized spacial score (nSPS) is 11.4. The Bertz CT molecular complexity index is 900. The van der Waals surface area contributed by atoms with Crippen molar-refractivity contribution in [1.29, 1.82) is 0 Å². The number of aliphatic hydroxyl groups excluding tert-OH is 1. The number of fused-ring (bicyclic) bond motifs is 1. The third-order valence-electron chi connectivity index (χ3n) is 4.16. The van der Waals surface area contributed by atoms with Gasteiger partial charge < -0.3 is 10.0 Å². The second-order valence-corrected chi connectivity index (χ2v) is 7.88. The van der Waals surface area contributed by atoms with Gasteiger partial charge in [0, 0.05) is 36.5 Å². The van der Waals surface area contributed by atoms with E-state index in [2.05, 4.69) is 42.3 Å². The van der Waals surface area contributed by atoms with Crippen LogP contribution >= 0.6 is 11.3 Å². The number of thiophene rings is 1. The van der Waals surface area contributed by atoms with Crippen LogP contribution in [0, 0.1) is 12.8 Å². The molecule has 0 aliphatic carbocycles. The van der Waals surface area contributed by atoms with Gasteiger partial charge in [0.2, 0.25) is 0 Å². The fourth-order valence-electron chi connectivity index (χ4n) is 2.84. The van der Waals surface area contributed by atoms with Crippen LogP contribution in [0.3, 0.4) is 0 Å². The van der Waals surface area contributed by atoms with Crippen LogP contribution in [-0.2, 0) is 13.0 Å². The van der Waals surface area contributed by atoms with Gasteiger partial charge in [0.1, 0.15) is 0 Å². The van der Waals surface area contributed by atoms with Crippen LogP contribution in [0.1, 0.15) is 40.3 Å². The largest absolute Gasteiger partial charge is 0.396 e. The maximum atomic E-state index is 13.1. The van der Waals surface area contributed by atoms with E-state index in [4.69, 9.17) is 5.11 Å². The third kappa shape index (κ3) is 4.11. The van der Waals surface area contributed by atoms with Gasteiger partial charge in [0.05, 0.1) is 6.54 Å². The molecular weight excluding hydrogens is 348 g/mol. The molecule has 0 saturated carbocycles. The van der Waals surface area contributed by atoms with Crippen molar-refractivity contribution in [2.24, 2.45) is 5.92 Å². The van der Waals surface area contributed by atoms with Crippen LogP contribution in [-0.4, -0.2) is 43.7 Å². The first-order chi connectivity index (χ1) is 12.5. The number of carbonyl (C=O) groups excluding carboxylic acids is 1. The number of nitrogens with zero attached hydrogens (tertiary/aromatic N) is 4. The topological polar surface area (TPSA) is 70.7 Å². The summed E-state index contributed by atoms with van der Waals surface area (Å²) in [7, 11) is 0. The summed E-state index contributed by atoms with van der Waals surface area (Å²) in [6.07, 6.45) is 4.04. The Balaban J connectivity index is 1.87. The van der Waals surface area contributed by atoms with Crippen molar-refractivity contribution in [3.63, 3.8) is 0 Å². The second-order valence-electron chi connectivity index (χ2n) is 6.87. The molecule has 0 aromatic carbocycles. The zero-order chi connectivity index (χ0) is 18.7. The number of aliphatic hydroxyl groups is 1. The van der Waals surface area contributed by atoms with E-state index >= 15 is 0 Å². The molecule has 0 spiro atoms. The molecule has 26 heavy (non-hydrogen) atoms. The molecular formula is C19H24N4O2S. The van der Waals surface area contributed by atoms with Crippen molar-refractivity contribution < 1.29 is 9.90 Å². The fraction of sp³-hybridized carbons (Fsp3) is 0.421. The molecule has 0 unspecified atom stereocenters. The fourth-order valence-corrected chi connectivity index (χ4v) is 3.76. The summed E-state index contributed by atoms with van der Waals surface area (Å²) in [4.78, 5) is 20.5. The Hall–Kier alpha value is -2.25. The van der Waals surface area contributed by atoms with Gasteiger partial charge in [-0.05, 0) is 41.8 Å². The van der Waals surface area contributed by atoms with E-state index in [1.54, 1.807) is 28.1 Å². The predicted octanol–water partition coefficient (Wildman–Crippen LogP) is 2.93. The quantitative estimate of drug-likeness (QED) is 0.692. The van der Waals surface area contributed by atoms with Crippen LogP contribution in [0.15, 0.2) is 29.9 Å². The molecule has 3 rings (SSSR count). The van der Waals surface area contributed by atoms with E-state index in [1.165, 1.54) is 10.4 Å². The molecule has 0 fully saturated rings.